The number of hydrogen-bond donors (Lipinski definition) is 0. The molecule has 4 heteroatoms. The molecule has 5 aromatic rings. The quantitative estimate of drug-likeness (QED) is 0.180. The molecular formula is C34H31IrN3-2. The van der Waals surface area contributed by atoms with Crippen LogP contribution in [0.25, 0.3) is 39.8 Å². The third-order valence-electron chi connectivity index (χ3n) is 7.45. The molecule has 0 saturated heterocycles. The Morgan fingerprint density at radius 3 is 2.42 bits per heavy atom. The van der Waals surface area contributed by atoms with E-state index in [-0.39, 0.29) is 20.1 Å². The van der Waals surface area contributed by atoms with Gasteiger partial charge in [-0.05, 0) is 48.6 Å². The number of rotatable bonds is 3. The molecule has 1 radical (unpaired) electrons. The summed E-state index contributed by atoms with van der Waals surface area (Å²) in [4.78, 5) is 9.26. The molecule has 1 aliphatic heterocycles. The smallest absolute Gasteiger partial charge is 0.0777 e. The third kappa shape index (κ3) is 5.29. The van der Waals surface area contributed by atoms with Crippen molar-refractivity contribution in [1.82, 2.24) is 14.5 Å². The molecule has 1 saturated carbocycles. The molecule has 3 nitrogen and oxygen atoms in total. The Balaban J connectivity index is 0.000000170. The van der Waals surface area contributed by atoms with E-state index in [9.17, 15) is 0 Å². The first-order chi connectivity index (χ1) is 18.2. The first-order valence-electron chi connectivity index (χ1n) is 13.3. The minimum atomic E-state index is 0. The zero-order valence-electron chi connectivity index (χ0n) is 21.9. The molecule has 1 aliphatic carbocycles. The van der Waals surface area contributed by atoms with E-state index in [4.69, 9.17) is 4.98 Å². The number of hydrogen-bond acceptors (Lipinski definition) is 2. The summed E-state index contributed by atoms with van der Waals surface area (Å²) in [7, 11) is 0. The van der Waals surface area contributed by atoms with Gasteiger partial charge in [0.2, 0.25) is 0 Å². The van der Waals surface area contributed by atoms with Gasteiger partial charge in [-0.25, -0.2) is 0 Å². The maximum Gasteiger partial charge on any atom is 0.0777 e. The summed E-state index contributed by atoms with van der Waals surface area (Å²) < 4.78 is 2.36. The Kier molecular flexibility index (Phi) is 8.02. The van der Waals surface area contributed by atoms with Crippen LogP contribution in [0, 0.1) is 26.0 Å². The molecule has 0 unspecified atom stereocenters. The van der Waals surface area contributed by atoms with Gasteiger partial charge in [0, 0.05) is 38.4 Å². The summed E-state index contributed by atoms with van der Waals surface area (Å²) in [6.07, 6.45) is 11.9. The summed E-state index contributed by atoms with van der Waals surface area (Å²) in [6, 6.07) is 29.4. The van der Waals surface area contributed by atoms with Crippen molar-refractivity contribution >= 4 is 17.1 Å². The minimum absolute atomic E-state index is 0. The molecule has 0 spiro atoms. The van der Waals surface area contributed by atoms with Crippen LogP contribution in [0.1, 0.15) is 53.9 Å². The van der Waals surface area contributed by atoms with Crippen LogP contribution in [-0.2, 0) is 26.7 Å². The van der Waals surface area contributed by atoms with Crippen LogP contribution < -0.4 is 0 Å². The molecule has 3 heterocycles. The van der Waals surface area contributed by atoms with Crippen LogP contribution in [0.2, 0.25) is 0 Å². The minimum Gasteiger partial charge on any atom is -0.360 e. The van der Waals surface area contributed by atoms with Crippen molar-refractivity contribution in [3.05, 3.63) is 113 Å². The van der Waals surface area contributed by atoms with Gasteiger partial charge in [0.05, 0.1) is 16.9 Å². The monoisotopic (exact) mass is 674 g/mol. The average Bonchev–Trinajstić information content (AvgIpc) is 3.61. The van der Waals surface area contributed by atoms with Crippen molar-refractivity contribution in [2.24, 2.45) is 0 Å². The number of pyridine rings is 1. The molecule has 3 aromatic carbocycles. The largest absolute Gasteiger partial charge is 0.360 e. The van der Waals surface area contributed by atoms with Crippen molar-refractivity contribution in [3.8, 4) is 22.6 Å². The van der Waals surface area contributed by atoms with Gasteiger partial charge in [-0.2, -0.15) is 0 Å². The van der Waals surface area contributed by atoms with Crippen molar-refractivity contribution in [1.29, 1.82) is 0 Å². The van der Waals surface area contributed by atoms with E-state index in [2.05, 4.69) is 77.2 Å². The molecule has 38 heavy (non-hydrogen) atoms. The zero-order chi connectivity index (χ0) is 25.2. The SMILES string of the molecule is Cc1c[c-]c(-c2ccc(C)cn2)cc1.[Ir].[c-]1ccccc1-c1nc2ccc(C3CCCC3)c3c2n1CC=C3. The van der Waals surface area contributed by atoms with E-state index in [1.54, 1.807) is 0 Å². The molecule has 0 N–H and O–H groups in total. The standard InChI is InChI=1S/C21H19N2.C13H12N.Ir/c1-2-9-16(10-3-1)21-22-19-13-12-17(15-7-4-5-8-15)18-11-6-14-23(21)20(18)19;1-10-3-6-12(7-4-10)13-8-5-11(2)9-14-13;/h1-3,6,9,11-13,15H,4-5,7-8,14H2;3-6,8-9H,1-2H3;/q2*-1;. The second-order valence-electron chi connectivity index (χ2n) is 10.1. The van der Waals surface area contributed by atoms with Gasteiger partial charge < -0.3 is 9.55 Å². The van der Waals surface area contributed by atoms with Gasteiger partial charge in [0.25, 0.3) is 0 Å². The summed E-state index contributed by atoms with van der Waals surface area (Å²) in [5, 5.41) is 0. The second-order valence-corrected chi connectivity index (χ2v) is 10.1. The van der Waals surface area contributed by atoms with Gasteiger partial charge >= 0.3 is 0 Å². The molecule has 2 aromatic heterocycles. The first kappa shape index (κ1) is 26.3. The van der Waals surface area contributed by atoms with E-state index >= 15 is 0 Å². The van der Waals surface area contributed by atoms with Gasteiger partial charge in [-0.3, -0.25) is 4.98 Å². The maximum atomic E-state index is 4.91. The predicted molar refractivity (Wildman–Crippen MR) is 152 cm³/mol. The maximum absolute atomic E-state index is 4.91. The molecule has 193 valence electrons. The van der Waals surface area contributed by atoms with Crippen LogP contribution in [-0.4, -0.2) is 14.5 Å². The number of imidazole rings is 1. The number of aromatic nitrogens is 3. The van der Waals surface area contributed by atoms with E-state index in [1.807, 2.05) is 43.5 Å². The van der Waals surface area contributed by atoms with Crippen LogP contribution in [0.5, 0.6) is 0 Å². The molecule has 1 fully saturated rings. The third-order valence-corrected chi connectivity index (χ3v) is 7.45. The molecule has 2 aliphatic rings. The van der Waals surface area contributed by atoms with Gasteiger partial charge in [0.15, 0.2) is 0 Å². The van der Waals surface area contributed by atoms with Crippen molar-refractivity contribution in [2.45, 2.75) is 52.0 Å². The Morgan fingerprint density at radius 1 is 0.868 bits per heavy atom. The normalized spacial score (nSPS) is 14.2. The van der Waals surface area contributed by atoms with Crippen LogP contribution in [0.3, 0.4) is 0 Å². The van der Waals surface area contributed by atoms with Crippen LogP contribution in [0.4, 0.5) is 0 Å². The van der Waals surface area contributed by atoms with Gasteiger partial charge in [-0.1, -0.05) is 50.1 Å². The van der Waals surface area contributed by atoms with Gasteiger partial charge in [-0.15, -0.1) is 71.3 Å². The Labute approximate surface area is 239 Å². The van der Waals surface area contributed by atoms with Crippen molar-refractivity contribution in [3.63, 3.8) is 0 Å². The molecule has 0 atom stereocenters. The second kappa shape index (κ2) is 11.6. The summed E-state index contributed by atoms with van der Waals surface area (Å²) in [5.74, 6) is 1.77. The fourth-order valence-corrected chi connectivity index (χ4v) is 5.52. The number of benzene rings is 3. The fourth-order valence-electron chi connectivity index (χ4n) is 5.52. The Hall–Kier alpha value is -3.33. The Bertz CT molecular complexity index is 1500. The zero-order valence-corrected chi connectivity index (χ0v) is 24.3. The van der Waals surface area contributed by atoms with E-state index in [0.717, 1.165) is 40.6 Å². The first-order valence-corrected chi connectivity index (χ1v) is 13.3. The van der Waals surface area contributed by atoms with E-state index in [0.29, 0.717) is 0 Å². The molecule has 0 bridgehead atoms. The van der Waals surface area contributed by atoms with Crippen LogP contribution in [0.15, 0.2) is 79.0 Å². The van der Waals surface area contributed by atoms with Crippen molar-refractivity contribution < 1.29 is 20.1 Å². The summed E-state index contributed by atoms with van der Waals surface area (Å²) in [6.45, 7) is 4.99. The Morgan fingerprint density at radius 2 is 1.71 bits per heavy atom. The van der Waals surface area contributed by atoms with Gasteiger partial charge in [0.1, 0.15) is 0 Å². The summed E-state index contributed by atoms with van der Waals surface area (Å²) in [5.41, 5.74) is 10.9. The predicted octanol–water partition coefficient (Wildman–Crippen LogP) is 8.35. The van der Waals surface area contributed by atoms with Crippen molar-refractivity contribution in [2.75, 3.05) is 0 Å². The van der Waals surface area contributed by atoms with Crippen LogP contribution >= 0.6 is 0 Å². The number of allylic oxidation sites excluding steroid dienone is 1. The molecular weight excluding hydrogens is 643 g/mol. The van der Waals surface area contributed by atoms with E-state index < -0.39 is 0 Å². The van der Waals surface area contributed by atoms with E-state index in [1.165, 1.54) is 53.5 Å². The number of aryl methyl sites for hydroxylation is 2. The summed E-state index contributed by atoms with van der Waals surface area (Å²) >= 11 is 0. The number of nitrogens with zero attached hydrogens (tertiary/aromatic N) is 3. The molecule has 0 amide bonds. The topological polar surface area (TPSA) is 30.7 Å². The fraction of sp³-hybridized carbons (Fsp3) is 0.235. The molecule has 7 rings (SSSR count). The average molecular weight is 674 g/mol.